The third kappa shape index (κ3) is 5.09. The van der Waals surface area contributed by atoms with Gasteiger partial charge in [0.05, 0.1) is 7.11 Å². The largest absolute Gasteiger partial charge is 0.496 e. The van der Waals surface area contributed by atoms with Crippen LogP contribution in [0.25, 0.3) is 0 Å². The number of nitrogens with zero attached hydrogens (tertiary/aromatic N) is 1. The molecule has 0 fully saturated rings. The molecule has 0 radical (unpaired) electrons. The van der Waals surface area contributed by atoms with Crippen molar-refractivity contribution in [3.63, 3.8) is 0 Å². The van der Waals surface area contributed by atoms with E-state index in [1.165, 1.54) is 6.92 Å². The molecule has 0 heterocycles. The zero-order valence-electron chi connectivity index (χ0n) is 11.9. The lowest BCUT2D eigenvalue weighted by molar-refractivity contribution is -0.130. The maximum absolute atomic E-state index is 11.9. The molecule has 0 saturated carbocycles. The highest BCUT2D eigenvalue weighted by Crippen LogP contribution is 2.23. The standard InChI is InChI=1S/C14H19ClN2O3/c1-10(18)16-7-6-14(19)17(2)9-11-8-12(15)4-5-13(11)20-3/h4-5,8H,6-7,9H2,1-3H3,(H,16,18). The van der Waals surface area contributed by atoms with Crippen molar-refractivity contribution < 1.29 is 14.3 Å². The molecular weight excluding hydrogens is 280 g/mol. The number of ether oxygens (including phenoxy) is 1. The quantitative estimate of drug-likeness (QED) is 0.872. The highest BCUT2D eigenvalue weighted by molar-refractivity contribution is 6.30. The van der Waals surface area contributed by atoms with Crippen molar-refractivity contribution in [2.45, 2.75) is 19.9 Å². The van der Waals surface area contributed by atoms with Gasteiger partial charge in [-0.25, -0.2) is 0 Å². The fourth-order valence-electron chi connectivity index (χ4n) is 1.75. The van der Waals surface area contributed by atoms with Gasteiger partial charge in [-0.2, -0.15) is 0 Å². The van der Waals surface area contributed by atoms with Crippen LogP contribution in [0.2, 0.25) is 5.02 Å². The number of methoxy groups -OCH3 is 1. The van der Waals surface area contributed by atoms with Crippen molar-refractivity contribution in [2.24, 2.45) is 0 Å². The van der Waals surface area contributed by atoms with Gasteiger partial charge in [0.15, 0.2) is 0 Å². The number of hydrogen-bond donors (Lipinski definition) is 1. The number of halogens is 1. The zero-order valence-corrected chi connectivity index (χ0v) is 12.7. The van der Waals surface area contributed by atoms with Crippen LogP contribution in [0, 0.1) is 0 Å². The van der Waals surface area contributed by atoms with Crippen LogP contribution in [-0.2, 0) is 16.1 Å². The number of amides is 2. The molecule has 0 aliphatic rings. The summed E-state index contributed by atoms with van der Waals surface area (Å²) in [6, 6.07) is 5.29. The molecule has 0 bridgehead atoms. The number of hydrogen-bond acceptors (Lipinski definition) is 3. The smallest absolute Gasteiger partial charge is 0.224 e. The molecule has 0 aliphatic carbocycles. The van der Waals surface area contributed by atoms with Crippen LogP contribution < -0.4 is 10.1 Å². The third-order valence-corrected chi connectivity index (χ3v) is 3.02. The maximum atomic E-state index is 11.9. The molecule has 0 atom stereocenters. The Kier molecular flexibility index (Phi) is 6.31. The Labute approximate surface area is 123 Å². The summed E-state index contributed by atoms with van der Waals surface area (Å²) < 4.78 is 5.24. The Hall–Kier alpha value is -1.75. The zero-order chi connectivity index (χ0) is 15.1. The second-order valence-electron chi connectivity index (χ2n) is 4.44. The number of carbonyl (C=O) groups excluding carboxylic acids is 2. The van der Waals surface area contributed by atoms with Crippen LogP contribution >= 0.6 is 11.6 Å². The molecule has 1 N–H and O–H groups in total. The van der Waals surface area contributed by atoms with Crippen molar-refractivity contribution in [3.8, 4) is 5.75 Å². The summed E-state index contributed by atoms with van der Waals surface area (Å²) in [6.07, 6.45) is 0.263. The molecule has 2 amide bonds. The van der Waals surface area contributed by atoms with Gasteiger partial charge in [0.25, 0.3) is 0 Å². The normalized spacial score (nSPS) is 10.0. The SMILES string of the molecule is COc1ccc(Cl)cc1CN(C)C(=O)CCNC(C)=O. The fraction of sp³-hybridized carbons (Fsp3) is 0.429. The maximum Gasteiger partial charge on any atom is 0.224 e. The molecule has 0 aromatic heterocycles. The first kappa shape index (κ1) is 16.3. The number of benzene rings is 1. The number of rotatable bonds is 6. The van der Waals surface area contributed by atoms with Crippen LogP contribution in [-0.4, -0.2) is 37.4 Å². The van der Waals surface area contributed by atoms with E-state index in [1.54, 1.807) is 37.3 Å². The Morgan fingerprint density at radius 1 is 1.40 bits per heavy atom. The Morgan fingerprint density at radius 2 is 2.10 bits per heavy atom. The van der Waals surface area contributed by atoms with Crippen molar-refractivity contribution >= 4 is 23.4 Å². The minimum absolute atomic E-state index is 0.0548. The summed E-state index contributed by atoms with van der Waals surface area (Å²) in [6.45, 7) is 2.17. The lowest BCUT2D eigenvalue weighted by atomic mass is 10.2. The summed E-state index contributed by atoms with van der Waals surface area (Å²) in [5.74, 6) is 0.494. The predicted octanol–water partition coefficient (Wildman–Crippen LogP) is 1.83. The van der Waals surface area contributed by atoms with Crippen LogP contribution in [0.5, 0.6) is 5.75 Å². The highest BCUT2D eigenvalue weighted by Gasteiger charge is 2.12. The Balaban J connectivity index is 2.61. The van der Waals surface area contributed by atoms with Crippen LogP contribution in [0.15, 0.2) is 18.2 Å². The molecule has 110 valence electrons. The number of nitrogens with one attached hydrogen (secondary N) is 1. The Morgan fingerprint density at radius 3 is 2.70 bits per heavy atom. The van der Waals surface area contributed by atoms with Crippen LogP contribution in [0.1, 0.15) is 18.9 Å². The van der Waals surface area contributed by atoms with Crippen molar-refractivity contribution in [1.29, 1.82) is 0 Å². The molecule has 6 heteroatoms. The first-order valence-electron chi connectivity index (χ1n) is 6.25. The first-order valence-corrected chi connectivity index (χ1v) is 6.62. The van der Waals surface area contributed by atoms with Gasteiger partial charge in [-0.15, -0.1) is 0 Å². The lowest BCUT2D eigenvalue weighted by Crippen LogP contribution is -2.31. The first-order chi connectivity index (χ1) is 9.43. The molecular formula is C14H19ClN2O3. The number of carbonyl (C=O) groups is 2. The Bertz CT molecular complexity index is 491. The van der Waals surface area contributed by atoms with Gasteiger partial charge >= 0.3 is 0 Å². The van der Waals surface area contributed by atoms with Crippen molar-refractivity contribution in [1.82, 2.24) is 10.2 Å². The van der Waals surface area contributed by atoms with Gasteiger partial charge in [-0.3, -0.25) is 9.59 Å². The van der Waals surface area contributed by atoms with Gasteiger partial charge in [0, 0.05) is 44.1 Å². The van der Waals surface area contributed by atoms with Crippen molar-refractivity contribution in [3.05, 3.63) is 28.8 Å². The summed E-state index contributed by atoms with van der Waals surface area (Å²) >= 11 is 5.95. The van der Waals surface area contributed by atoms with E-state index >= 15 is 0 Å². The molecule has 1 aromatic rings. The van der Waals surface area contributed by atoms with Crippen LogP contribution in [0.4, 0.5) is 0 Å². The average Bonchev–Trinajstić information content (AvgIpc) is 2.38. The second-order valence-corrected chi connectivity index (χ2v) is 4.88. The summed E-state index contributed by atoms with van der Waals surface area (Å²) in [5, 5.41) is 3.19. The van der Waals surface area contributed by atoms with E-state index in [0.29, 0.717) is 23.9 Å². The van der Waals surface area contributed by atoms with E-state index in [2.05, 4.69) is 5.32 Å². The van der Waals surface area contributed by atoms with Gasteiger partial charge in [0.1, 0.15) is 5.75 Å². The minimum atomic E-state index is -0.142. The molecule has 5 nitrogen and oxygen atoms in total. The lowest BCUT2D eigenvalue weighted by Gasteiger charge is -2.19. The molecule has 1 aromatic carbocycles. The highest BCUT2D eigenvalue weighted by atomic mass is 35.5. The van der Waals surface area contributed by atoms with E-state index in [9.17, 15) is 9.59 Å². The topological polar surface area (TPSA) is 58.6 Å². The second kappa shape index (κ2) is 7.75. The monoisotopic (exact) mass is 298 g/mol. The minimum Gasteiger partial charge on any atom is -0.496 e. The van der Waals surface area contributed by atoms with Crippen LogP contribution in [0.3, 0.4) is 0 Å². The molecule has 0 unspecified atom stereocenters. The van der Waals surface area contributed by atoms with Crippen molar-refractivity contribution in [2.75, 3.05) is 20.7 Å². The molecule has 0 saturated heterocycles. The van der Waals surface area contributed by atoms with E-state index in [1.807, 2.05) is 0 Å². The predicted molar refractivity (Wildman–Crippen MR) is 77.8 cm³/mol. The summed E-state index contributed by atoms with van der Waals surface area (Å²) in [4.78, 5) is 24.2. The third-order valence-electron chi connectivity index (χ3n) is 2.79. The summed E-state index contributed by atoms with van der Waals surface area (Å²) in [5.41, 5.74) is 0.843. The molecule has 0 spiro atoms. The van der Waals surface area contributed by atoms with Gasteiger partial charge < -0.3 is 15.0 Å². The molecule has 0 aliphatic heterocycles. The van der Waals surface area contributed by atoms with E-state index < -0.39 is 0 Å². The fourth-order valence-corrected chi connectivity index (χ4v) is 1.95. The molecule has 1 rings (SSSR count). The van der Waals surface area contributed by atoms with E-state index in [4.69, 9.17) is 16.3 Å². The molecule has 20 heavy (non-hydrogen) atoms. The van der Waals surface area contributed by atoms with E-state index in [0.717, 1.165) is 5.56 Å². The average molecular weight is 299 g/mol. The van der Waals surface area contributed by atoms with Gasteiger partial charge in [-0.1, -0.05) is 11.6 Å². The van der Waals surface area contributed by atoms with E-state index in [-0.39, 0.29) is 18.2 Å². The van der Waals surface area contributed by atoms with Gasteiger partial charge in [-0.05, 0) is 18.2 Å². The van der Waals surface area contributed by atoms with Gasteiger partial charge in [0.2, 0.25) is 11.8 Å². The summed E-state index contributed by atoms with van der Waals surface area (Å²) in [7, 11) is 3.28.